The number of carbonyl (C=O) groups is 2. The predicted molar refractivity (Wildman–Crippen MR) is 88.3 cm³/mol. The number of rotatable bonds is 5. The van der Waals surface area contributed by atoms with Crippen LogP contribution < -0.4 is 10.6 Å². The Hall–Kier alpha value is -2.83. The minimum atomic E-state index is -4.43. The molecule has 0 saturated carbocycles. The lowest BCUT2D eigenvalue weighted by Gasteiger charge is -2.09. The van der Waals surface area contributed by atoms with E-state index in [1.54, 1.807) is 42.5 Å². The van der Waals surface area contributed by atoms with Crippen LogP contribution in [0.2, 0.25) is 0 Å². The van der Waals surface area contributed by atoms with Crippen molar-refractivity contribution in [1.29, 1.82) is 0 Å². The van der Waals surface area contributed by atoms with E-state index in [1.165, 1.54) is 0 Å². The Morgan fingerprint density at radius 2 is 1.72 bits per heavy atom. The summed E-state index contributed by atoms with van der Waals surface area (Å²) in [5.74, 6) is -0.978. The molecule has 2 amide bonds. The molecule has 0 aliphatic carbocycles. The Morgan fingerprint density at radius 1 is 1.04 bits per heavy atom. The summed E-state index contributed by atoms with van der Waals surface area (Å²) in [5.41, 5.74) is 2.57. The molecule has 0 spiro atoms. The van der Waals surface area contributed by atoms with Gasteiger partial charge in [-0.15, -0.1) is 0 Å². The van der Waals surface area contributed by atoms with Crippen LogP contribution in [0.1, 0.15) is 21.5 Å². The monoisotopic (exact) mass is 350 g/mol. The summed E-state index contributed by atoms with van der Waals surface area (Å²) in [6.45, 7) is 0.534. The molecule has 0 heterocycles. The normalized spacial score (nSPS) is 11.0. The lowest BCUT2D eigenvalue weighted by Crippen LogP contribution is -2.34. The van der Waals surface area contributed by atoms with Crippen molar-refractivity contribution in [2.45, 2.75) is 19.5 Å². The number of hydrogen-bond acceptors (Lipinski definition) is 2. The zero-order valence-electron chi connectivity index (χ0n) is 13.5. The first-order chi connectivity index (χ1) is 11.7. The third kappa shape index (κ3) is 6.29. The molecule has 4 nitrogen and oxygen atoms in total. The van der Waals surface area contributed by atoms with Crippen molar-refractivity contribution in [3.63, 3.8) is 0 Å². The molecule has 25 heavy (non-hydrogen) atoms. The number of amides is 2. The summed E-state index contributed by atoms with van der Waals surface area (Å²) in [6.07, 6.45) is -4.60. The number of aryl methyl sites for hydroxylation is 1. The van der Waals surface area contributed by atoms with Crippen LogP contribution in [-0.2, 0) is 11.2 Å². The van der Waals surface area contributed by atoms with Gasteiger partial charge in [0.15, 0.2) is 0 Å². The highest BCUT2D eigenvalue weighted by Crippen LogP contribution is 2.14. The first kappa shape index (κ1) is 18.5. The van der Waals surface area contributed by atoms with Gasteiger partial charge in [-0.05, 0) is 36.8 Å². The summed E-state index contributed by atoms with van der Waals surface area (Å²) >= 11 is 0. The van der Waals surface area contributed by atoms with Crippen molar-refractivity contribution in [2.75, 3.05) is 11.9 Å². The van der Waals surface area contributed by atoms with Crippen LogP contribution in [0.3, 0.4) is 0 Å². The second-order valence-corrected chi connectivity index (χ2v) is 5.59. The minimum Gasteiger partial charge on any atom is -0.347 e. The Kier molecular flexibility index (Phi) is 5.80. The molecule has 2 aromatic rings. The topological polar surface area (TPSA) is 58.2 Å². The number of anilines is 1. The number of nitrogens with one attached hydrogen (secondary N) is 2. The van der Waals surface area contributed by atoms with Gasteiger partial charge in [-0.1, -0.05) is 29.8 Å². The van der Waals surface area contributed by atoms with Crippen LogP contribution >= 0.6 is 0 Å². The van der Waals surface area contributed by atoms with Gasteiger partial charge in [-0.3, -0.25) is 9.59 Å². The highest BCUT2D eigenvalue weighted by Gasteiger charge is 2.27. The second-order valence-electron chi connectivity index (χ2n) is 5.59. The van der Waals surface area contributed by atoms with Crippen LogP contribution in [0.15, 0.2) is 48.5 Å². The Bertz CT molecular complexity index is 756. The predicted octanol–water partition coefficient (Wildman–Crippen LogP) is 3.47. The molecular formula is C18H17F3N2O2. The van der Waals surface area contributed by atoms with Crippen molar-refractivity contribution in [3.8, 4) is 0 Å². The van der Waals surface area contributed by atoms with E-state index in [1.807, 2.05) is 18.3 Å². The second kappa shape index (κ2) is 7.83. The molecule has 132 valence electrons. The van der Waals surface area contributed by atoms with Crippen LogP contribution in [-0.4, -0.2) is 24.5 Å². The van der Waals surface area contributed by atoms with Crippen molar-refractivity contribution < 1.29 is 22.8 Å². The third-order valence-corrected chi connectivity index (χ3v) is 3.34. The number of halogens is 3. The molecule has 2 N–H and O–H groups in total. The van der Waals surface area contributed by atoms with Crippen LogP contribution in [0.4, 0.5) is 18.9 Å². The molecule has 0 aromatic heterocycles. The van der Waals surface area contributed by atoms with E-state index in [-0.39, 0.29) is 12.3 Å². The average Bonchev–Trinajstić information content (AvgIpc) is 2.54. The standard InChI is InChI=1S/C18H17F3N2O2/c1-12-3-2-4-14(9-12)17(25)23-15-7-5-13(6-8-15)10-16(24)22-11-18(19,20)21/h2-9H,10-11H2,1H3,(H,22,24)(H,23,25). The number of hydrogen-bond donors (Lipinski definition) is 2. The highest BCUT2D eigenvalue weighted by atomic mass is 19.4. The van der Waals surface area contributed by atoms with E-state index in [0.29, 0.717) is 16.8 Å². The van der Waals surface area contributed by atoms with E-state index in [2.05, 4.69) is 5.32 Å². The Morgan fingerprint density at radius 3 is 2.32 bits per heavy atom. The summed E-state index contributed by atoms with van der Waals surface area (Å²) in [7, 11) is 0. The average molecular weight is 350 g/mol. The summed E-state index contributed by atoms with van der Waals surface area (Å²) in [6, 6.07) is 13.5. The maximum atomic E-state index is 12.1. The summed E-state index contributed by atoms with van der Waals surface area (Å²) in [5, 5.41) is 4.53. The smallest absolute Gasteiger partial charge is 0.347 e. The van der Waals surface area contributed by atoms with Crippen molar-refractivity contribution >= 4 is 17.5 Å². The van der Waals surface area contributed by atoms with Crippen LogP contribution in [0.5, 0.6) is 0 Å². The fraction of sp³-hybridized carbons (Fsp3) is 0.222. The van der Waals surface area contributed by atoms with Gasteiger partial charge < -0.3 is 10.6 Å². The zero-order chi connectivity index (χ0) is 18.4. The lowest BCUT2D eigenvalue weighted by atomic mass is 10.1. The van der Waals surface area contributed by atoms with E-state index < -0.39 is 18.6 Å². The Labute approximate surface area is 143 Å². The molecular weight excluding hydrogens is 333 g/mol. The van der Waals surface area contributed by atoms with Gasteiger partial charge in [0.05, 0.1) is 6.42 Å². The molecule has 0 saturated heterocycles. The first-order valence-electron chi connectivity index (χ1n) is 7.53. The molecule has 7 heteroatoms. The van der Waals surface area contributed by atoms with E-state index in [9.17, 15) is 22.8 Å². The molecule has 0 unspecified atom stereocenters. The van der Waals surface area contributed by atoms with Gasteiger partial charge in [0.25, 0.3) is 5.91 Å². The number of carbonyl (C=O) groups excluding carboxylic acids is 2. The quantitative estimate of drug-likeness (QED) is 0.868. The summed E-state index contributed by atoms with van der Waals surface area (Å²) < 4.78 is 36.1. The van der Waals surface area contributed by atoms with E-state index in [4.69, 9.17) is 0 Å². The maximum absolute atomic E-state index is 12.1. The SMILES string of the molecule is Cc1cccc(C(=O)Nc2ccc(CC(=O)NCC(F)(F)F)cc2)c1. The van der Waals surface area contributed by atoms with Gasteiger partial charge >= 0.3 is 6.18 Å². The molecule has 0 atom stereocenters. The van der Waals surface area contributed by atoms with Gasteiger partial charge in [0.1, 0.15) is 6.54 Å². The molecule has 2 aromatic carbocycles. The summed E-state index contributed by atoms with van der Waals surface area (Å²) in [4.78, 5) is 23.6. The van der Waals surface area contributed by atoms with E-state index >= 15 is 0 Å². The van der Waals surface area contributed by atoms with Gasteiger partial charge in [0, 0.05) is 11.3 Å². The van der Waals surface area contributed by atoms with Crippen molar-refractivity contribution in [2.24, 2.45) is 0 Å². The van der Waals surface area contributed by atoms with E-state index in [0.717, 1.165) is 5.56 Å². The van der Waals surface area contributed by atoms with Gasteiger partial charge in [-0.25, -0.2) is 0 Å². The molecule has 0 aliphatic rings. The molecule has 2 rings (SSSR count). The van der Waals surface area contributed by atoms with Crippen LogP contribution in [0, 0.1) is 6.92 Å². The van der Waals surface area contributed by atoms with Crippen molar-refractivity contribution in [1.82, 2.24) is 5.32 Å². The fourth-order valence-electron chi connectivity index (χ4n) is 2.14. The molecule has 0 fully saturated rings. The molecule has 0 radical (unpaired) electrons. The zero-order valence-corrected chi connectivity index (χ0v) is 13.5. The van der Waals surface area contributed by atoms with Crippen molar-refractivity contribution in [3.05, 3.63) is 65.2 Å². The number of benzene rings is 2. The lowest BCUT2D eigenvalue weighted by molar-refractivity contribution is -0.138. The molecule has 0 aliphatic heterocycles. The fourth-order valence-corrected chi connectivity index (χ4v) is 2.14. The number of alkyl halides is 3. The maximum Gasteiger partial charge on any atom is 0.405 e. The minimum absolute atomic E-state index is 0.164. The van der Waals surface area contributed by atoms with Gasteiger partial charge in [-0.2, -0.15) is 13.2 Å². The van der Waals surface area contributed by atoms with Gasteiger partial charge in [0.2, 0.25) is 5.91 Å². The largest absolute Gasteiger partial charge is 0.405 e. The Balaban J connectivity index is 1.91. The first-order valence-corrected chi connectivity index (χ1v) is 7.53. The highest BCUT2D eigenvalue weighted by molar-refractivity contribution is 6.04. The third-order valence-electron chi connectivity index (χ3n) is 3.34. The molecule has 0 bridgehead atoms. The van der Waals surface area contributed by atoms with Crippen LogP contribution in [0.25, 0.3) is 0 Å².